The van der Waals surface area contributed by atoms with Gasteiger partial charge in [-0.15, -0.1) is 0 Å². The van der Waals surface area contributed by atoms with Gasteiger partial charge < -0.3 is 21.5 Å². The van der Waals surface area contributed by atoms with Gasteiger partial charge in [0, 0.05) is 18.7 Å². The highest BCUT2D eigenvalue weighted by molar-refractivity contribution is 7.86. The summed E-state index contributed by atoms with van der Waals surface area (Å²) in [5, 5.41) is 7.05. The van der Waals surface area contributed by atoms with E-state index in [1.54, 1.807) is 14.0 Å². The predicted molar refractivity (Wildman–Crippen MR) is 125 cm³/mol. The van der Waals surface area contributed by atoms with Crippen LogP contribution < -0.4 is 21.5 Å². The van der Waals surface area contributed by atoms with Crippen molar-refractivity contribution in [3.63, 3.8) is 0 Å². The van der Waals surface area contributed by atoms with Gasteiger partial charge >= 0.3 is 0 Å². The molecule has 2 aromatic carbocycles. The third kappa shape index (κ3) is 6.22. The van der Waals surface area contributed by atoms with Gasteiger partial charge in [0.1, 0.15) is 10.6 Å². The molecule has 13 nitrogen and oxygen atoms in total. The Morgan fingerprint density at radius 3 is 2.18 bits per heavy atom. The molecule has 0 aliphatic heterocycles. The summed E-state index contributed by atoms with van der Waals surface area (Å²) in [6.07, 6.45) is 0.483. The molecule has 0 aliphatic rings. The van der Waals surface area contributed by atoms with E-state index < -0.39 is 20.2 Å². The first-order chi connectivity index (χ1) is 15.7. The van der Waals surface area contributed by atoms with Gasteiger partial charge in [0.05, 0.1) is 34.8 Å². The van der Waals surface area contributed by atoms with Crippen molar-refractivity contribution < 1.29 is 35.5 Å². The Morgan fingerprint density at radius 2 is 1.71 bits per heavy atom. The molecule has 34 heavy (non-hydrogen) atoms. The minimum Gasteiger partial charge on any atom is -0.497 e. The lowest BCUT2D eigenvalue weighted by Gasteiger charge is -2.10. The van der Waals surface area contributed by atoms with Crippen LogP contribution in [-0.4, -0.2) is 49.1 Å². The van der Waals surface area contributed by atoms with Crippen LogP contribution in [0.5, 0.6) is 5.75 Å². The molecule has 0 bridgehead atoms. The van der Waals surface area contributed by atoms with E-state index in [-0.39, 0.29) is 21.0 Å². The summed E-state index contributed by atoms with van der Waals surface area (Å²) in [6.45, 7) is 1.74. The fourth-order valence-corrected chi connectivity index (χ4v) is 3.87. The molecule has 3 rings (SSSR count). The lowest BCUT2D eigenvalue weighted by molar-refractivity contribution is 0.112. The number of hydrogen-bond donors (Lipinski definition) is 5. The van der Waals surface area contributed by atoms with Gasteiger partial charge in [0.2, 0.25) is 0 Å². The molecule has 1 aromatic heterocycles. The first kappa shape index (κ1) is 26.6. The number of ether oxygens (including phenoxy) is 1. The summed E-state index contributed by atoms with van der Waals surface area (Å²) in [6, 6.07) is 7.64. The highest BCUT2D eigenvalue weighted by Crippen LogP contribution is 2.28. The molecule has 0 unspecified atom stereocenters. The van der Waals surface area contributed by atoms with Gasteiger partial charge in [-0.3, -0.25) is 18.6 Å². The van der Waals surface area contributed by atoms with Gasteiger partial charge in [0.15, 0.2) is 12.1 Å². The van der Waals surface area contributed by atoms with Gasteiger partial charge in [-0.05, 0) is 37.3 Å². The lowest BCUT2D eigenvalue weighted by atomic mass is 10.2. The molecule has 0 atom stereocenters. The molecule has 0 amide bonds. The second-order valence-corrected chi connectivity index (χ2v) is 9.63. The Kier molecular flexibility index (Phi) is 7.89. The van der Waals surface area contributed by atoms with E-state index in [0.29, 0.717) is 34.9 Å². The van der Waals surface area contributed by atoms with Gasteiger partial charge in [-0.2, -0.15) is 21.9 Å². The van der Waals surface area contributed by atoms with Gasteiger partial charge in [0.25, 0.3) is 20.2 Å². The summed E-state index contributed by atoms with van der Waals surface area (Å²) < 4.78 is 67.6. The number of nitrogens with two attached hydrogens (primary N) is 2. The Balaban J connectivity index is 0.000000270. The van der Waals surface area contributed by atoms with Crippen molar-refractivity contribution in [3.8, 4) is 5.75 Å². The zero-order valence-corrected chi connectivity index (χ0v) is 19.9. The molecule has 3 aromatic rings. The summed E-state index contributed by atoms with van der Waals surface area (Å²) in [4.78, 5) is 10.4. The summed E-state index contributed by atoms with van der Waals surface area (Å²) in [5.41, 5.74) is 12.7. The highest BCUT2D eigenvalue weighted by atomic mass is 32.2. The summed E-state index contributed by atoms with van der Waals surface area (Å²) >= 11 is 0. The van der Waals surface area contributed by atoms with E-state index in [9.17, 15) is 21.6 Å². The molecule has 1 heterocycles. The fourth-order valence-electron chi connectivity index (χ4n) is 2.73. The molecule has 0 radical (unpaired) electrons. The first-order valence-electron chi connectivity index (χ1n) is 9.22. The maximum absolute atomic E-state index is 11.1. The number of aldehydes is 1. The van der Waals surface area contributed by atoms with Crippen LogP contribution in [0, 0.1) is 6.92 Å². The Hall–Kier alpha value is -3.66. The Labute approximate surface area is 195 Å². The standard InChI is InChI=1S/C12H14N4O4S.C7H9NO4S/c1-7-11(13)12(16(2)15-7)14-10-4-3-9(21(18,19)20)5-8(10)6-17;1-12-5-2-3-6(8)7(4-5)13(9,10)11/h3-6,14H,13H2,1-2H3,(H,18,19,20);2-4H,8H2,1H3,(H,9,10,11). The number of carbonyl (C=O) groups excluding carboxylic acids is 1. The molecule has 7 N–H and O–H groups in total. The number of nitrogen functional groups attached to an aromatic ring is 2. The van der Waals surface area contributed by atoms with Crippen molar-refractivity contribution >= 4 is 49.4 Å². The monoisotopic (exact) mass is 513 g/mol. The van der Waals surface area contributed by atoms with Crippen molar-refractivity contribution in [2.75, 3.05) is 23.9 Å². The van der Waals surface area contributed by atoms with Crippen molar-refractivity contribution in [2.24, 2.45) is 7.05 Å². The molecule has 0 fully saturated rings. The normalized spacial score (nSPS) is 11.3. The first-order valence-corrected chi connectivity index (χ1v) is 12.1. The number of aryl methyl sites for hydroxylation is 2. The Bertz CT molecular complexity index is 1430. The van der Waals surface area contributed by atoms with E-state index in [4.69, 9.17) is 25.3 Å². The quantitative estimate of drug-likeness (QED) is 0.180. The minimum atomic E-state index is -4.37. The number of nitrogens with zero attached hydrogens (tertiary/aromatic N) is 2. The zero-order valence-electron chi connectivity index (χ0n) is 18.3. The Morgan fingerprint density at radius 1 is 1.06 bits per heavy atom. The van der Waals surface area contributed by atoms with Crippen LogP contribution in [0.25, 0.3) is 0 Å². The molecule has 0 saturated carbocycles. The molecule has 184 valence electrons. The molecule has 0 aliphatic carbocycles. The van der Waals surface area contributed by atoms with E-state index in [1.807, 2.05) is 0 Å². The SMILES string of the molecule is COc1ccc(N)c(S(=O)(=O)O)c1.Cc1nn(C)c(Nc2ccc(S(=O)(=O)O)cc2C=O)c1N. The maximum atomic E-state index is 11.1. The van der Waals surface area contributed by atoms with Crippen molar-refractivity contribution in [3.05, 3.63) is 47.7 Å². The van der Waals surface area contributed by atoms with Gasteiger partial charge in [-0.1, -0.05) is 0 Å². The number of hydrogen-bond acceptors (Lipinski definition) is 10. The third-order valence-corrected chi connectivity index (χ3v) is 6.23. The van der Waals surface area contributed by atoms with E-state index >= 15 is 0 Å². The van der Waals surface area contributed by atoms with Crippen LogP contribution in [0.15, 0.2) is 46.2 Å². The van der Waals surface area contributed by atoms with Gasteiger partial charge in [-0.25, -0.2) is 0 Å². The van der Waals surface area contributed by atoms with E-state index in [1.165, 1.54) is 36.1 Å². The molecule has 15 heteroatoms. The second kappa shape index (κ2) is 10.1. The average molecular weight is 514 g/mol. The molecule has 0 spiro atoms. The number of anilines is 4. The van der Waals surface area contributed by atoms with Crippen LogP contribution in [0.1, 0.15) is 16.1 Å². The fraction of sp³-hybridized carbons (Fsp3) is 0.158. The number of rotatable bonds is 6. The second-order valence-electron chi connectivity index (χ2n) is 6.82. The van der Waals surface area contributed by atoms with Crippen molar-refractivity contribution in [2.45, 2.75) is 16.7 Å². The molecular weight excluding hydrogens is 490 g/mol. The minimum absolute atomic E-state index is 0.0108. The zero-order chi connectivity index (χ0) is 25.8. The number of aromatic nitrogens is 2. The largest absolute Gasteiger partial charge is 0.497 e. The topological polar surface area (TPSA) is 217 Å². The highest BCUT2D eigenvalue weighted by Gasteiger charge is 2.16. The smallest absolute Gasteiger partial charge is 0.296 e. The third-order valence-electron chi connectivity index (χ3n) is 4.47. The summed E-state index contributed by atoms with van der Waals surface area (Å²) in [5.74, 6) is 0.803. The maximum Gasteiger partial charge on any atom is 0.296 e. The van der Waals surface area contributed by atoms with Crippen LogP contribution >= 0.6 is 0 Å². The number of nitrogens with one attached hydrogen (secondary N) is 1. The van der Waals surface area contributed by atoms with Crippen molar-refractivity contribution in [1.29, 1.82) is 0 Å². The molecule has 0 saturated heterocycles. The predicted octanol–water partition coefficient (Wildman–Crippen LogP) is 1.64. The number of carbonyl (C=O) groups is 1. The van der Waals surface area contributed by atoms with Crippen molar-refractivity contribution in [1.82, 2.24) is 9.78 Å². The number of methoxy groups -OCH3 is 1. The lowest BCUT2D eigenvalue weighted by Crippen LogP contribution is -2.05. The van der Waals surface area contributed by atoms with Crippen LogP contribution in [0.3, 0.4) is 0 Å². The van der Waals surface area contributed by atoms with Crippen LogP contribution in [-0.2, 0) is 27.3 Å². The van der Waals surface area contributed by atoms with E-state index in [2.05, 4.69) is 10.4 Å². The molecular formula is C19H23N5O8S2. The average Bonchev–Trinajstić information content (AvgIpc) is 2.99. The summed E-state index contributed by atoms with van der Waals surface area (Å²) in [7, 11) is -5.57. The van der Waals surface area contributed by atoms with Crippen LogP contribution in [0.4, 0.5) is 22.9 Å². The van der Waals surface area contributed by atoms with Crippen LogP contribution in [0.2, 0.25) is 0 Å². The number of benzene rings is 2. The van der Waals surface area contributed by atoms with E-state index in [0.717, 1.165) is 12.1 Å².